The van der Waals surface area contributed by atoms with E-state index in [0.29, 0.717) is 31.0 Å². The van der Waals surface area contributed by atoms with Crippen LogP contribution in [0.25, 0.3) is 11.2 Å². The first-order chi connectivity index (χ1) is 13.3. The topological polar surface area (TPSA) is 116 Å². The Labute approximate surface area is 163 Å². The van der Waals surface area contributed by atoms with Crippen LogP contribution in [-0.4, -0.2) is 36.8 Å². The largest absolute Gasteiger partial charge is 0.466 e. The van der Waals surface area contributed by atoms with E-state index in [2.05, 4.69) is 9.97 Å². The van der Waals surface area contributed by atoms with Gasteiger partial charge in [-0.05, 0) is 31.6 Å². The van der Waals surface area contributed by atoms with Crippen LogP contribution >= 0.6 is 0 Å². The van der Waals surface area contributed by atoms with Gasteiger partial charge in [-0.2, -0.15) is 0 Å². The van der Waals surface area contributed by atoms with Gasteiger partial charge in [0.2, 0.25) is 0 Å². The minimum absolute atomic E-state index is 0.134. The SMILES string of the molecule is CC(=O)OCCCCCc1nc2c(=O)n(C)c(=O)n(CC(C)C)c2nc1CO. The molecule has 2 aromatic rings. The average Bonchev–Trinajstić information content (AvgIpc) is 2.65. The number of unbranched alkanes of at least 4 members (excludes halogenated alkanes) is 2. The zero-order valence-corrected chi connectivity index (χ0v) is 16.9. The summed E-state index contributed by atoms with van der Waals surface area (Å²) in [6.07, 6.45) is 2.82. The summed E-state index contributed by atoms with van der Waals surface area (Å²) in [6.45, 7) is 5.75. The fraction of sp³-hybridized carbons (Fsp3) is 0.632. The lowest BCUT2D eigenvalue weighted by atomic mass is 10.1. The second kappa shape index (κ2) is 9.59. The van der Waals surface area contributed by atoms with E-state index in [-0.39, 0.29) is 29.7 Å². The van der Waals surface area contributed by atoms with Crippen LogP contribution in [-0.2, 0) is 36.2 Å². The van der Waals surface area contributed by atoms with Crippen molar-refractivity contribution in [2.75, 3.05) is 6.61 Å². The summed E-state index contributed by atoms with van der Waals surface area (Å²) in [7, 11) is 1.43. The van der Waals surface area contributed by atoms with Gasteiger partial charge in [-0.15, -0.1) is 0 Å². The smallest absolute Gasteiger partial charge is 0.332 e. The second-order valence-electron chi connectivity index (χ2n) is 7.25. The van der Waals surface area contributed by atoms with E-state index in [0.717, 1.165) is 23.8 Å². The van der Waals surface area contributed by atoms with Gasteiger partial charge in [0.15, 0.2) is 11.2 Å². The van der Waals surface area contributed by atoms with Crippen molar-refractivity contribution in [3.8, 4) is 0 Å². The van der Waals surface area contributed by atoms with Gasteiger partial charge in [0.1, 0.15) is 0 Å². The summed E-state index contributed by atoms with van der Waals surface area (Å²) in [6, 6.07) is 0. The van der Waals surface area contributed by atoms with Crippen LogP contribution < -0.4 is 11.2 Å². The Morgan fingerprint density at radius 3 is 2.46 bits per heavy atom. The van der Waals surface area contributed by atoms with Gasteiger partial charge in [-0.25, -0.2) is 14.8 Å². The summed E-state index contributed by atoms with van der Waals surface area (Å²) in [4.78, 5) is 44.7. The van der Waals surface area contributed by atoms with Crippen LogP contribution in [0, 0.1) is 5.92 Å². The molecule has 0 fully saturated rings. The maximum Gasteiger partial charge on any atom is 0.332 e. The fourth-order valence-electron chi connectivity index (χ4n) is 2.99. The zero-order chi connectivity index (χ0) is 20.8. The molecule has 0 atom stereocenters. The molecule has 0 bridgehead atoms. The van der Waals surface area contributed by atoms with Gasteiger partial charge in [0, 0.05) is 20.5 Å². The van der Waals surface area contributed by atoms with Gasteiger partial charge in [-0.1, -0.05) is 13.8 Å². The van der Waals surface area contributed by atoms with Crippen molar-refractivity contribution in [1.29, 1.82) is 0 Å². The first kappa shape index (κ1) is 21.7. The van der Waals surface area contributed by atoms with Crippen molar-refractivity contribution in [2.24, 2.45) is 13.0 Å². The van der Waals surface area contributed by atoms with Gasteiger partial charge in [0.25, 0.3) is 5.56 Å². The van der Waals surface area contributed by atoms with E-state index >= 15 is 0 Å². The van der Waals surface area contributed by atoms with Gasteiger partial charge in [-0.3, -0.25) is 18.7 Å². The van der Waals surface area contributed by atoms with E-state index in [1.54, 1.807) is 0 Å². The highest BCUT2D eigenvalue weighted by Crippen LogP contribution is 2.14. The third-order valence-electron chi connectivity index (χ3n) is 4.37. The Morgan fingerprint density at radius 2 is 1.86 bits per heavy atom. The number of hydrogen-bond acceptors (Lipinski definition) is 7. The van der Waals surface area contributed by atoms with Crippen LogP contribution in [0.5, 0.6) is 0 Å². The molecular weight excluding hydrogens is 364 g/mol. The van der Waals surface area contributed by atoms with Crippen molar-refractivity contribution in [3.63, 3.8) is 0 Å². The van der Waals surface area contributed by atoms with E-state index in [9.17, 15) is 19.5 Å². The number of hydrogen-bond donors (Lipinski definition) is 1. The quantitative estimate of drug-likeness (QED) is 0.498. The Bertz CT molecular complexity index is 961. The van der Waals surface area contributed by atoms with Crippen molar-refractivity contribution < 1.29 is 14.6 Å². The van der Waals surface area contributed by atoms with Crippen LogP contribution in [0.2, 0.25) is 0 Å². The number of carbonyl (C=O) groups is 1. The first-order valence-electron chi connectivity index (χ1n) is 9.49. The highest BCUT2D eigenvalue weighted by atomic mass is 16.5. The summed E-state index contributed by atoms with van der Waals surface area (Å²) in [5.41, 5.74) is 0.335. The van der Waals surface area contributed by atoms with Crippen molar-refractivity contribution in [2.45, 2.75) is 59.6 Å². The van der Waals surface area contributed by atoms with Crippen molar-refractivity contribution >= 4 is 17.1 Å². The van der Waals surface area contributed by atoms with Gasteiger partial charge in [0.05, 0.1) is 24.6 Å². The number of esters is 1. The monoisotopic (exact) mass is 392 g/mol. The molecule has 0 aliphatic heterocycles. The highest BCUT2D eigenvalue weighted by molar-refractivity contribution is 5.69. The van der Waals surface area contributed by atoms with Crippen molar-refractivity contribution in [3.05, 3.63) is 32.2 Å². The molecule has 0 aliphatic rings. The van der Waals surface area contributed by atoms with Crippen LogP contribution in [0.3, 0.4) is 0 Å². The number of aliphatic hydroxyl groups is 1. The molecule has 0 amide bonds. The normalized spacial score (nSPS) is 11.4. The van der Waals surface area contributed by atoms with E-state index in [1.807, 2.05) is 13.8 Å². The number of fused-ring (bicyclic) bond motifs is 1. The molecule has 0 unspecified atom stereocenters. The number of nitrogens with zero attached hydrogens (tertiary/aromatic N) is 4. The molecule has 28 heavy (non-hydrogen) atoms. The zero-order valence-electron chi connectivity index (χ0n) is 16.9. The van der Waals surface area contributed by atoms with Crippen molar-refractivity contribution in [1.82, 2.24) is 19.1 Å². The predicted octanol–water partition coefficient (Wildman–Crippen LogP) is 0.914. The molecule has 0 aromatic carbocycles. The van der Waals surface area contributed by atoms with E-state index in [4.69, 9.17) is 4.74 Å². The number of aromatic nitrogens is 4. The lowest BCUT2D eigenvalue weighted by molar-refractivity contribution is -0.141. The molecule has 0 saturated heterocycles. The summed E-state index contributed by atoms with van der Waals surface area (Å²) in [5, 5.41) is 9.72. The fourth-order valence-corrected chi connectivity index (χ4v) is 2.99. The van der Waals surface area contributed by atoms with E-state index in [1.165, 1.54) is 18.5 Å². The molecule has 0 saturated carbocycles. The molecule has 1 N–H and O–H groups in total. The highest BCUT2D eigenvalue weighted by Gasteiger charge is 2.17. The molecule has 2 heterocycles. The average molecular weight is 392 g/mol. The predicted molar refractivity (Wildman–Crippen MR) is 104 cm³/mol. The molecular formula is C19H28N4O5. The third kappa shape index (κ3) is 5.03. The third-order valence-corrected chi connectivity index (χ3v) is 4.37. The molecule has 154 valence electrons. The molecule has 2 rings (SSSR count). The lowest BCUT2D eigenvalue weighted by Crippen LogP contribution is -2.40. The standard InChI is InChI=1S/C19H28N4O5/c1-12(2)10-23-17-16(18(26)22(4)19(23)27)20-14(15(11-24)21-17)8-6-5-7-9-28-13(3)25/h12,24H,5-11H2,1-4H3. The molecule has 0 aliphatic carbocycles. The Kier molecular flexibility index (Phi) is 7.45. The molecule has 9 nitrogen and oxygen atoms in total. The summed E-state index contributed by atoms with van der Waals surface area (Å²) in [5.74, 6) is -0.124. The Hall–Kier alpha value is -2.55. The maximum atomic E-state index is 12.6. The lowest BCUT2D eigenvalue weighted by Gasteiger charge is -2.15. The number of aliphatic hydroxyl groups excluding tert-OH is 1. The molecule has 0 spiro atoms. The van der Waals surface area contributed by atoms with Gasteiger partial charge < -0.3 is 9.84 Å². The first-order valence-corrected chi connectivity index (χ1v) is 9.49. The Morgan fingerprint density at radius 1 is 1.14 bits per heavy atom. The minimum atomic E-state index is -0.492. The Balaban J connectivity index is 2.34. The molecule has 2 aromatic heterocycles. The minimum Gasteiger partial charge on any atom is -0.466 e. The summed E-state index contributed by atoms with van der Waals surface area (Å²) >= 11 is 0. The van der Waals surface area contributed by atoms with Crippen LogP contribution in [0.4, 0.5) is 0 Å². The number of carbonyl (C=O) groups excluding carboxylic acids is 1. The van der Waals surface area contributed by atoms with Crippen LogP contribution in [0.1, 0.15) is 51.4 Å². The second-order valence-corrected chi connectivity index (χ2v) is 7.25. The molecule has 9 heteroatoms. The molecule has 0 radical (unpaired) electrons. The number of rotatable bonds is 9. The number of ether oxygens (including phenoxy) is 1. The summed E-state index contributed by atoms with van der Waals surface area (Å²) < 4.78 is 7.38. The number of aryl methyl sites for hydroxylation is 1. The van der Waals surface area contributed by atoms with Gasteiger partial charge >= 0.3 is 11.7 Å². The van der Waals surface area contributed by atoms with Crippen LogP contribution in [0.15, 0.2) is 9.59 Å². The van der Waals surface area contributed by atoms with E-state index < -0.39 is 11.2 Å². The maximum absolute atomic E-state index is 12.6.